The van der Waals surface area contributed by atoms with Crippen molar-refractivity contribution in [1.82, 2.24) is 10.2 Å². The fourth-order valence-electron chi connectivity index (χ4n) is 2.60. The lowest BCUT2D eigenvalue weighted by atomic mass is 10.1. The van der Waals surface area contributed by atoms with Crippen LogP contribution >= 0.6 is 0 Å². The van der Waals surface area contributed by atoms with Crippen LogP contribution in [0.2, 0.25) is 0 Å². The lowest BCUT2D eigenvalue weighted by Gasteiger charge is -2.17. The maximum absolute atomic E-state index is 4.36. The van der Waals surface area contributed by atoms with Crippen LogP contribution in [0.3, 0.4) is 0 Å². The molecule has 0 spiro atoms. The maximum Gasteiger partial charge on any atom is 0.171 e. The number of nitrogens with zero attached hydrogens (tertiary/aromatic N) is 1. The second-order valence-electron chi connectivity index (χ2n) is 4.58. The van der Waals surface area contributed by atoms with Gasteiger partial charge in [-0.15, -0.1) is 0 Å². The number of aromatic nitrogens is 2. The number of H-pyrrole nitrogens is 1. The van der Waals surface area contributed by atoms with E-state index in [1.807, 2.05) is 0 Å². The summed E-state index contributed by atoms with van der Waals surface area (Å²) in [6, 6.07) is 0.640. The monoisotopic (exact) mass is 206 g/mol. The van der Waals surface area contributed by atoms with Crippen molar-refractivity contribution >= 4 is 11.5 Å². The number of anilines is 2. The Hall–Kier alpha value is -1.19. The summed E-state index contributed by atoms with van der Waals surface area (Å²) in [5.74, 6) is 1.04. The standard InChI is InChI=1S/C11H18N4/c1-2-5-8(4-1)13-11-10-9(14-15-11)6-3-7-12-10/h8,12H,1-7H2,(H2,13,14,15). The van der Waals surface area contributed by atoms with E-state index < -0.39 is 0 Å². The number of aryl methyl sites for hydroxylation is 1. The molecule has 15 heavy (non-hydrogen) atoms. The number of hydrogen-bond donors (Lipinski definition) is 3. The highest BCUT2D eigenvalue weighted by atomic mass is 15.2. The van der Waals surface area contributed by atoms with Gasteiger partial charge < -0.3 is 10.6 Å². The molecule has 4 heteroatoms. The lowest BCUT2D eigenvalue weighted by molar-refractivity contribution is 0.749. The second-order valence-corrected chi connectivity index (χ2v) is 4.58. The van der Waals surface area contributed by atoms with Crippen molar-refractivity contribution in [2.45, 2.75) is 44.6 Å². The van der Waals surface area contributed by atoms with Crippen molar-refractivity contribution in [3.05, 3.63) is 5.69 Å². The molecule has 0 saturated heterocycles. The molecule has 0 bridgehead atoms. The summed E-state index contributed by atoms with van der Waals surface area (Å²) in [6.07, 6.45) is 7.64. The third-order valence-electron chi connectivity index (χ3n) is 3.44. The summed E-state index contributed by atoms with van der Waals surface area (Å²) in [5.41, 5.74) is 2.48. The van der Waals surface area contributed by atoms with Crippen LogP contribution in [0.5, 0.6) is 0 Å². The van der Waals surface area contributed by atoms with E-state index in [1.165, 1.54) is 43.5 Å². The van der Waals surface area contributed by atoms with Gasteiger partial charge in [0.05, 0.1) is 5.69 Å². The summed E-state index contributed by atoms with van der Waals surface area (Å²) >= 11 is 0. The van der Waals surface area contributed by atoms with E-state index >= 15 is 0 Å². The molecule has 0 atom stereocenters. The average molecular weight is 206 g/mol. The topological polar surface area (TPSA) is 52.7 Å². The first-order valence-corrected chi connectivity index (χ1v) is 6.01. The minimum absolute atomic E-state index is 0.640. The number of aromatic amines is 1. The number of rotatable bonds is 2. The van der Waals surface area contributed by atoms with Gasteiger partial charge in [-0.05, 0) is 25.7 Å². The number of hydrogen-bond acceptors (Lipinski definition) is 3. The van der Waals surface area contributed by atoms with Crippen LogP contribution in [0.4, 0.5) is 11.5 Å². The van der Waals surface area contributed by atoms with E-state index in [2.05, 4.69) is 20.8 Å². The molecule has 4 nitrogen and oxygen atoms in total. The molecule has 2 aliphatic rings. The zero-order valence-corrected chi connectivity index (χ0v) is 8.97. The van der Waals surface area contributed by atoms with Gasteiger partial charge in [-0.2, -0.15) is 5.10 Å². The molecular formula is C11H18N4. The third-order valence-corrected chi connectivity index (χ3v) is 3.44. The summed E-state index contributed by atoms with van der Waals surface area (Å²) in [6.45, 7) is 1.08. The SMILES string of the molecule is C1CNc2c(NC3CCCC3)n[nH]c2C1. The Morgan fingerprint density at radius 2 is 2.07 bits per heavy atom. The Bertz CT molecular complexity index is 338. The summed E-state index contributed by atoms with van der Waals surface area (Å²) in [5, 5.41) is 14.5. The van der Waals surface area contributed by atoms with Gasteiger partial charge in [0.1, 0.15) is 5.69 Å². The van der Waals surface area contributed by atoms with Crippen LogP contribution in [0.25, 0.3) is 0 Å². The van der Waals surface area contributed by atoms with Crippen molar-refractivity contribution in [1.29, 1.82) is 0 Å². The van der Waals surface area contributed by atoms with Crippen molar-refractivity contribution in [3.8, 4) is 0 Å². The lowest BCUT2D eigenvalue weighted by Crippen LogP contribution is -2.17. The first-order valence-electron chi connectivity index (χ1n) is 6.01. The van der Waals surface area contributed by atoms with Gasteiger partial charge in [0.25, 0.3) is 0 Å². The molecule has 3 N–H and O–H groups in total. The van der Waals surface area contributed by atoms with Gasteiger partial charge in [-0.1, -0.05) is 12.8 Å². The molecule has 2 heterocycles. The Morgan fingerprint density at radius 1 is 1.20 bits per heavy atom. The Balaban J connectivity index is 1.76. The predicted octanol–water partition coefficient (Wildman–Crippen LogP) is 2.12. The van der Waals surface area contributed by atoms with E-state index in [4.69, 9.17) is 0 Å². The normalized spacial score (nSPS) is 21.1. The van der Waals surface area contributed by atoms with Crippen LogP contribution in [0, 0.1) is 0 Å². The fourth-order valence-corrected chi connectivity index (χ4v) is 2.60. The molecule has 0 aromatic carbocycles. The van der Waals surface area contributed by atoms with Gasteiger partial charge in [-0.25, -0.2) is 0 Å². The minimum Gasteiger partial charge on any atom is -0.381 e. The Morgan fingerprint density at radius 3 is 2.93 bits per heavy atom. The zero-order chi connectivity index (χ0) is 10.1. The van der Waals surface area contributed by atoms with Gasteiger partial charge in [0.2, 0.25) is 0 Å². The van der Waals surface area contributed by atoms with Gasteiger partial charge in [0, 0.05) is 12.6 Å². The van der Waals surface area contributed by atoms with Crippen LogP contribution in [0.1, 0.15) is 37.8 Å². The molecule has 1 aliphatic carbocycles. The molecule has 82 valence electrons. The van der Waals surface area contributed by atoms with E-state index in [9.17, 15) is 0 Å². The van der Waals surface area contributed by atoms with Crippen molar-refractivity contribution in [2.75, 3.05) is 17.2 Å². The van der Waals surface area contributed by atoms with E-state index in [0.717, 1.165) is 18.8 Å². The van der Waals surface area contributed by atoms with Crippen molar-refractivity contribution in [2.24, 2.45) is 0 Å². The predicted molar refractivity (Wildman–Crippen MR) is 61.3 cm³/mol. The van der Waals surface area contributed by atoms with E-state index in [-0.39, 0.29) is 0 Å². The number of nitrogens with one attached hydrogen (secondary N) is 3. The molecule has 3 rings (SSSR count). The third kappa shape index (κ3) is 1.68. The quantitative estimate of drug-likeness (QED) is 0.694. The van der Waals surface area contributed by atoms with Gasteiger partial charge in [0.15, 0.2) is 5.82 Å². The van der Waals surface area contributed by atoms with Crippen molar-refractivity contribution in [3.63, 3.8) is 0 Å². The molecule has 1 aromatic heterocycles. The first kappa shape index (κ1) is 9.07. The Kier molecular flexibility index (Phi) is 2.27. The largest absolute Gasteiger partial charge is 0.381 e. The highest BCUT2D eigenvalue weighted by Crippen LogP contribution is 2.30. The zero-order valence-electron chi connectivity index (χ0n) is 8.97. The molecule has 1 aliphatic heterocycles. The summed E-state index contributed by atoms with van der Waals surface area (Å²) < 4.78 is 0. The average Bonchev–Trinajstić information content (AvgIpc) is 2.89. The van der Waals surface area contributed by atoms with Crippen LogP contribution in [0.15, 0.2) is 0 Å². The summed E-state index contributed by atoms with van der Waals surface area (Å²) in [7, 11) is 0. The van der Waals surface area contributed by atoms with E-state index in [0.29, 0.717) is 6.04 Å². The Labute approximate surface area is 89.8 Å². The molecule has 0 amide bonds. The second kappa shape index (κ2) is 3.76. The van der Waals surface area contributed by atoms with Gasteiger partial charge >= 0.3 is 0 Å². The molecule has 0 radical (unpaired) electrons. The smallest absolute Gasteiger partial charge is 0.171 e. The first-order chi connectivity index (χ1) is 7.43. The van der Waals surface area contributed by atoms with Crippen molar-refractivity contribution < 1.29 is 0 Å². The van der Waals surface area contributed by atoms with E-state index in [1.54, 1.807) is 0 Å². The molecule has 1 aromatic rings. The highest BCUT2D eigenvalue weighted by molar-refractivity contribution is 5.68. The highest BCUT2D eigenvalue weighted by Gasteiger charge is 2.20. The van der Waals surface area contributed by atoms with Gasteiger partial charge in [-0.3, -0.25) is 5.10 Å². The van der Waals surface area contributed by atoms with Crippen LogP contribution in [-0.4, -0.2) is 22.8 Å². The van der Waals surface area contributed by atoms with Crippen LogP contribution < -0.4 is 10.6 Å². The van der Waals surface area contributed by atoms with Crippen LogP contribution in [-0.2, 0) is 6.42 Å². The maximum atomic E-state index is 4.36. The molecule has 1 fully saturated rings. The minimum atomic E-state index is 0.640. The molecule has 1 saturated carbocycles. The molecule has 0 unspecified atom stereocenters. The fraction of sp³-hybridized carbons (Fsp3) is 0.727. The molecular weight excluding hydrogens is 188 g/mol. The number of fused-ring (bicyclic) bond motifs is 1. The summed E-state index contributed by atoms with van der Waals surface area (Å²) in [4.78, 5) is 0.